The Labute approximate surface area is 339 Å². The fraction of sp³-hybridized carbons (Fsp3) is 0.488. The summed E-state index contributed by atoms with van der Waals surface area (Å²) in [6.07, 6.45) is 4.69. The van der Waals surface area contributed by atoms with Crippen LogP contribution in [0.4, 0.5) is 27.9 Å². The number of amides is 7. The Morgan fingerprint density at radius 1 is 0.983 bits per heavy atom. The summed E-state index contributed by atoms with van der Waals surface area (Å²) >= 11 is 0. The highest BCUT2D eigenvalue weighted by atomic mass is 16.2. The van der Waals surface area contributed by atoms with Crippen molar-refractivity contribution in [3.63, 3.8) is 0 Å². The van der Waals surface area contributed by atoms with E-state index in [0.717, 1.165) is 11.3 Å². The van der Waals surface area contributed by atoms with E-state index in [9.17, 15) is 28.8 Å². The molecule has 0 radical (unpaired) electrons. The summed E-state index contributed by atoms with van der Waals surface area (Å²) in [4.78, 5) is 100.0. The number of pyridine rings is 1. The van der Waals surface area contributed by atoms with Gasteiger partial charge in [-0.25, -0.2) is 9.78 Å². The number of aromatic nitrogens is 3. The van der Waals surface area contributed by atoms with Gasteiger partial charge in [0.05, 0.1) is 18.4 Å². The summed E-state index contributed by atoms with van der Waals surface area (Å²) < 4.78 is 0. The van der Waals surface area contributed by atoms with Gasteiger partial charge >= 0.3 is 6.03 Å². The maximum Gasteiger partial charge on any atom is 0.330 e. The number of anilines is 4. The van der Waals surface area contributed by atoms with Gasteiger partial charge in [-0.1, -0.05) is 19.9 Å². The number of nitrogens with one attached hydrogen (secondary N) is 4. The molecule has 0 unspecified atom stereocenters. The SMILES string of the molecule is Cc1ccc(Nc2ncc3c(n2)N(C)C(=O)N(c2cc(C(=O)N[C@@H](C)C(=O)N4CCC[C@H]4C(=O)NC(C)(C)C(=O)N[C@@H](CC(C)C)C(=O)N(C)C)ccc2C)C3)cn1. The van der Waals surface area contributed by atoms with Crippen LogP contribution in [0.5, 0.6) is 0 Å². The van der Waals surface area contributed by atoms with Gasteiger partial charge in [-0.15, -0.1) is 0 Å². The van der Waals surface area contributed by atoms with E-state index < -0.39 is 47.3 Å². The first kappa shape index (κ1) is 43.0. The Kier molecular flexibility index (Phi) is 13.0. The molecule has 310 valence electrons. The summed E-state index contributed by atoms with van der Waals surface area (Å²) in [7, 11) is 4.86. The number of hydrogen-bond donors (Lipinski definition) is 4. The first-order valence-corrected chi connectivity index (χ1v) is 19.4. The number of nitrogens with zero attached hydrogens (tertiary/aromatic N) is 7. The minimum absolute atomic E-state index is 0.135. The largest absolute Gasteiger partial charge is 0.347 e. The highest BCUT2D eigenvalue weighted by Gasteiger charge is 2.41. The monoisotopic (exact) mass is 797 g/mol. The minimum atomic E-state index is -1.39. The predicted molar refractivity (Wildman–Crippen MR) is 219 cm³/mol. The highest BCUT2D eigenvalue weighted by Crippen LogP contribution is 2.33. The zero-order chi connectivity index (χ0) is 42.6. The zero-order valence-corrected chi connectivity index (χ0v) is 35.0. The van der Waals surface area contributed by atoms with Crippen LogP contribution in [0.2, 0.25) is 0 Å². The quantitative estimate of drug-likeness (QED) is 0.199. The first-order valence-electron chi connectivity index (χ1n) is 19.4. The summed E-state index contributed by atoms with van der Waals surface area (Å²) in [6, 6.07) is 5.72. The average molecular weight is 798 g/mol. The molecule has 4 N–H and O–H groups in total. The van der Waals surface area contributed by atoms with Crippen LogP contribution >= 0.6 is 0 Å². The number of benzene rings is 1. The van der Waals surface area contributed by atoms with E-state index >= 15 is 0 Å². The maximum atomic E-state index is 13.7. The molecule has 17 nitrogen and oxygen atoms in total. The molecule has 2 aliphatic heterocycles. The van der Waals surface area contributed by atoms with Crippen molar-refractivity contribution in [2.75, 3.05) is 42.8 Å². The molecule has 17 heteroatoms. The molecule has 1 aromatic carbocycles. The average Bonchev–Trinajstić information content (AvgIpc) is 3.67. The fourth-order valence-electron chi connectivity index (χ4n) is 6.95. The number of likely N-dealkylation sites (tertiary alicyclic amines) is 1. The lowest BCUT2D eigenvalue weighted by atomic mass is 9.99. The van der Waals surface area contributed by atoms with Crippen LogP contribution in [0.3, 0.4) is 0 Å². The van der Waals surface area contributed by atoms with Crippen LogP contribution in [-0.4, -0.2) is 112 Å². The molecular weight excluding hydrogens is 743 g/mol. The molecular formula is C41H55N11O6. The number of hydrogen-bond acceptors (Lipinski definition) is 10. The predicted octanol–water partition coefficient (Wildman–Crippen LogP) is 3.43. The van der Waals surface area contributed by atoms with Crippen LogP contribution in [0, 0.1) is 19.8 Å². The Morgan fingerprint density at radius 3 is 2.36 bits per heavy atom. The lowest BCUT2D eigenvalue weighted by Crippen LogP contribution is -2.62. The number of urea groups is 1. The van der Waals surface area contributed by atoms with Crippen molar-refractivity contribution in [2.45, 2.75) is 97.9 Å². The van der Waals surface area contributed by atoms with Gasteiger partial charge in [0.25, 0.3) is 5.91 Å². The molecule has 4 heterocycles. The molecule has 3 atom stereocenters. The molecule has 2 aromatic heterocycles. The maximum absolute atomic E-state index is 13.7. The third kappa shape index (κ3) is 9.69. The van der Waals surface area contributed by atoms with Gasteiger partial charge in [0.2, 0.25) is 29.6 Å². The molecule has 0 spiro atoms. The van der Waals surface area contributed by atoms with Crippen LogP contribution in [0.25, 0.3) is 0 Å². The molecule has 0 bridgehead atoms. The summed E-state index contributed by atoms with van der Waals surface area (Å²) in [5.74, 6) is -1.37. The van der Waals surface area contributed by atoms with E-state index in [1.54, 1.807) is 77.4 Å². The smallest absolute Gasteiger partial charge is 0.330 e. The second-order valence-corrected chi connectivity index (χ2v) is 16.2. The summed E-state index contributed by atoms with van der Waals surface area (Å²) in [6.45, 7) is 12.7. The minimum Gasteiger partial charge on any atom is -0.347 e. The van der Waals surface area contributed by atoms with Crippen LogP contribution in [0.1, 0.15) is 81.1 Å². The topological polar surface area (TPSA) is 202 Å². The van der Waals surface area contributed by atoms with Crippen molar-refractivity contribution in [3.05, 3.63) is 65.1 Å². The number of likely N-dealkylation sites (N-methyl/N-ethyl adjacent to an activating group) is 1. The zero-order valence-electron chi connectivity index (χ0n) is 35.0. The van der Waals surface area contributed by atoms with Crippen LogP contribution in [0.15, 0.2) is 42.7 Å². The molecule has 1 fully saturated rings. The van der Waals surface area contributed by atoms with Gasteiger partial charge < -0.3 is 31.1 Å². The van der Waals surface area contributed by atoms with Crippen molar-refractivity contribution < 1.29 is 28.8 Å². The Morgan fingerprint density at radius 2 is 1.71 bits per heavy atom. The van der Waals surface area contributed by atoms with Crippen molar-refractivity contribution in [1.29, 1.82) is 0 Å². The fourth-order valence-corrected chi connectivity index (χ4v) is 6.95. The standard InChI is InChI=1S/C41H55N11O6/c1-23(2)18-30(37(56)49(8)9)46-38(57)41(6,7)48-35(54)31-12-11-17-51(31)36(55)26(5)44-34(53)27-15-13-24(3)32(19-27)52-22-28-20-43-39(47-33(28)50(10)40(52)58)45-29-16-14-25(4)42-21-29/h13-16,19-21,23,26,30-31H,11-12,17-18,22H2,1-10H3,(H,44,53)(H,46,57)(H,48,54)(H,43,45,47)/t26-,30-,31-/m0/s1. The number of carbonyl (C=O) groups excluding carboxylic acids is 6. The lowest BCUT2D eigenvalue weighted by molar-refractivity contribution is -0.142. The van der Waals surface area contributed by atoms with E-state index in [2.05, 4.69) is 36.2 Å². The molecule has 58 heavy (non-hydrogen) atoms. The van der Waals surface area contributed by atoms with Crippen LogP contribution < -0.4 is 31.1 Å². The van der Waals surface area contributed by atoms with Gasteiger partial charge in [-0.3, -0.25) is 38.8 Å². The third-order valence-electron chi connectivity index (χ3n) is 10.2. The Bertz CT molecular complexity index is 2070. The Balaban J connectivity index is 1.23. The first-order chi connectivity index (χ1) is 27.3. The molecule has 2 aliphatic rings. The second-order valence-electron chi connectivity index (χ2n) is 16.2. The molecule has 7 amide bonds. The number of carbonyl (C=O) groups is 6. The van der Waals surface area contributed by atoms with Gasteiger partial charge in [0, 0.05) is 56.4 Å². The lowest BCUT2D eigenvalue weighted by Gasteiger charge is -2.35. The van der Waals surface area contributed by atoms with Gasteiger partial charge in [0.1, 0.15) is 29.5 Å². The van der Waals surface area contributed by atoms with Gasteiger partial charge in [-0.2, -0.15) is 4.98 Å². The summed E-state index contributed by atoms with van der Waals surface area (Å²) in [5, 5.41) is 11.5. The van der Waals surface area contributed by atoms with E-state index in [1.807, 2.05) is 39.8 Å². The van der Waals surface area contributed by atoms with Crippen molar-refractivity contribution in [3.8, 4) is 0 Å². The summed E-state index contributed by atoms with van der Waals surface area (Å²) in [5.41, 5.74) is 2.37. The number of fused-ring (bicyclic) bond motifs is 1. The van der Waals surface area contributed by atoms with Crippen molar-refractivity contribution in [2.24, 2.45) is 5.92 Å². The van der Waals surface area contributed by atoms with E-state index in [4.69, 9.17) is 0 Å². The molecule has 0 aliphatic carbocycles. The highest BCUT2D eigenvalue weighted by molar-refractivity contribution is 6.07. The van der Waals surface area contributed by atoms with Crippen molar-refractivity contribution in [1.82, 2.24) is 40.7 Å². The van der Waals surface area contributed by atoms with E-state index in [1.165, 1.54) is 14.7 Å². The third-order valence-corrected chi connectivity index (χ3v) is 10.2. The molecule has 0 saturated carbocycles. The number of rotatable bonds is 13. The molecule has 3 aromatic rings. The van der Waals surface area contributed by atoms with E-state index in [0.29, 0.717) is 54.5 Å². The normalized spacial score (nSPS) is 16.4. The van der Waals surface area contributed by atoms with Gasteiger partial charge in [0.15, 0.2) is 0 Å². The van der Waals surface area contributed by atoms with Crippen molar-refractivity contribution >= 4 is 58.7 Å². The Hall–Kier alpha value is -6.13. The second kappa shape index (κ2) is 17.6. The molecule has 5 rings (SSSR count). The number of aryl methyl sites for hydroxylation is 2. The van der Waals surface area contributed by atoms with Crippen LogP contribution in [-0.2, 0) is 25.7 Å². The molecule has 1 saturated heterocycles. The van der Waals surface area contributed by atoms with Gasteiger partial charge in [-0.05, 0) is 89.6 Å². The van der Waals surface area contributed by atoms with E-state index in [-0.39, 0.29) is 30.0 Å².